The van der Waals surface area contributed by atoms with Crippen molar-refractivity contribution in [3.63, 3.8) is 0 Å². The average molecular weight is 242 g/mol. The Morgan fingerprint density at radius 2 is 2.12 bits per heavy atom. The fourth-order valence-electron chi connectivity index (χ4n) is 1.15. The molecule has 0 radical (unpaired) electrons. The molecule has 1 aromatic carbocycles. The quantitative estimate of drug-likeness (QED) is 0.628. The molecule has 1 aromatic rings. The first-order chi connectivity index (χ1) is 7.41. The number of carbonyl (C=O) groups is 1. The highest BCUT2D eigenvalue weighted by atomic mass is 32.2. The van der Waals surface area contributed by atoms with Crippen LogP contribution in [0, 0.1) is 11.7 Å². The molecule has 5 heteroatoms. The number of halogens is 1. The number of nitrogens with two attached hydrogens (primary N) is 2. The molecule has 0 spiro atoms. The number of primary amides is 1. The highest BCUT2D eigenvalue weighted by Crippen LogP contribution is 2.27. The van der Waals surface area contributed by atoms with Gasteiger partial charge in [-0.3, -0.25) is 4.79 Å². The van der Waals surface area contributed by atoms with E-state index in [1.54, 1.807) is 0 Å². The maximum absolute atomic E-state index is 13.5. The molecular formula is C11H15FN2OS. The third-order valence-corrected chi connectivity index (χ3v) is 3.40. The second kappa shape index (κ2) is 5.21. The first kappa shape index (κ1) is 12.8. The zero-order chi connectivity index (χ0) is 12.3. The lowest BCUT2D eigenvalue weighted by molar-refractivity contribution is 0.100. The standard InChI is InChI=1S/C11H15FN2OS/c1-6(2)5-16-10-3-7(11(14)15)9(13)4-8(10)12/h3-4,6H,5,13H2,1-2H3,(H2,14,15). The van der Waals surface area contributed by atoms with Gasteiger partial charge in [-0.1, -0.05) is 13.8 Å². The van der Waals surface area contributed by atoms with Crippen molar-refractivity contribution in [1.82, 2.24) is 0 Å². The second-order valence-corrected chi connectivity index (χ2v) is 5.00. The van der Waals surface area contributed by atoms with Gasteiger partial charge in [-0.2, -0.15) is 0 Å². The number of anilines is 1. The monoisotopic (exact) mass is 242 g/mol. The Hall–Kier alpha value is -1.23. The fraction of sp³-hybridized carbons (Fsp3) is 0.364. The van der Waals surface area contributed by atoms with Gasteiger partial charge in [-0.05, 0) is 18.1 Å². The maximum atomic E-state index is 13.5. The zero-order valence-electron chi connectivity index (χ0n) is 9.29. The summed E-state index contributed by atoms with van der Waals surface area (Å²) >= 11 is 1.36. The first-order valence-corrected chi connectivity index (χ1v) is 5.92. The van der Waals surface area contributed by atoms with Crippen LogP contribution in [0.15, 0.2) is 17.0 Å². The smallest absolute Gasteiger partial charge is 0.250 e. The molecule has 3 nitrogen and oxygen atoms in total. The third-order valence-electron chi connectivity index (χ3n) is 1.94. The molecule has 0 atom stereocenters. The van der Waals surface area contributed by atoms with Gasteiger partial charge in [0.1, 0.15) is 5.82 Å². The van der Waals surface area contributed by atoms with Crippen LogP contribution in [0.1, 0.15) is 24.2 Å². The third kappa shape index (κ3) is 3.13. The Labute approximate surface area is 98.4 Å². The molecule has 0 saturated carbocycles. The Balaban J connectivity index is 3.00. The molecule has 0 aliphatic heterocycles. The van der Waals surface area contributed by atoms with Crippen molar-refractivity contribution >= 4 is 23.4 Å². The van der Waals surface area contributed by atoms with Crippen molar-refractivity contribution in [3.8, 4) is 0 Å². The summed E-state index contributed by atoms with van der Waals surface area (Å²) in [6.45, 7) is 4.08. The number of benzene rings is 1. The largest absolute Gasteiger partial charge is 0.398 e. The van der Waals surface area contributed by atoms with Gasteiger partial charge in [-0.15, -0.1) is 11.8 Å². The lowest BCUT2D eigenvalue weighted by Crippen LogP contribution is -2.14. The van der Waals surface area contributed by atoms with Gasteiger partial charge in [0.05, 0.1) is 5.56 Å². The molecule has 1 amide bonds. The lowest BCUT2D eigenvalue weighted by Gasteiger charge is -2.09. The Kier molecular flexibility index (Phi) is 4.18. The molecule has 0 aromatic heterocycles. The number of nitrogen functional groups attached to an aromatic ring is 1. The van der Waals surface area contributed by atoms with Crippen LogP contribution in [0.2, 0.25) is 0 Å². The van der Waals surface area contributed by atoms with E-state index in [9.17, 15) is 9.18 Å². The van der Waals surface area contributed by atoms with E-state index in [0.717, 1.165) is 11.8 Å². The van der Waals surface area contributed by atoms with Crippen molar-refractivity contribution in [2.45, 2.75) is 18.7 Å². The van der Waals surface area contributed by atoms with E-state index in [-0.39, 0.29) is 11.3 Å². The van der Waals surface area contributed by atoms with Gasteiger partial charge in [0.25, 0.3) is 5.91 Å². The van der Waals surface area contributed by atoms with E-state index in [1.165, 1.54) is 17.8 Å². The van der Waals surface area contributed by atoms with Crippen molar-refractivity contribution < 1.29 is 9.18 Å². The van der Waals surface area contributed by atoms with Crippen LogP contribution in [-0.2, 0) is 0 Å². The molecule has 0 saturated heterocycles. The minimum absolute atomic E-state index is 0.0823. The summed E-state index contributed by atoms with van der Waals surface area (Å²) < 4.78 is 13.5. The SMILES string of the molecule is CC(C)CSc1cc(C(N)=O)c(N)cc1F. The number of thioether (sulfide) groups is 1. The lowest BCUT2D eigenvalue weighted by atomic mass is 10.1. The Morgan fingerprint density at radius 1 is 1.50 bits per heavy atom. The summed E-state index contributed by atoms with van der Waals surface area (Å²) in [6, 6.07) is 2.56. The van der Waals surface area contributed by atoms with Crippen molar-refractivity contribution in [1.29, 1.82) is 0 Å². The number of hydrogen-bond acceptors (Lipinski definition) is 3. The van der Waals surface area contributed by atoms with Gasteiger partial charge in [0.2, 0.25) is 0 Å². The summed E-state index contributed by atoms with van der Waals surface area (Å²) in [4.78, 5) is 11.4. The van der Waals surface area contributed by atoms with Gasteiger partial charge >= 0.3 is 0 Å². The number of carbonyl (C=O) groups excluding carboxylic acids is 1. The van der Waals surface area contributed by atoms with Crippen LogP contribution in [-0.4, -0.2) is 11.7 Å². The molecule has 0 heterocycles. The van der Waals surface area contributed by atoms with E-state index in [1.807, 2.05) is 13.8 Å². The topological polar surface area (TPSA) is 69.1 Å². The summed E-state index contributed by atoms with van der Waals surface area (Å²) in [5.74, 6) is 0.176. The second-order valence-electron chi connectivity index (χ2n) is 3.94. The molecule has 1 rings (SSSR count). The minimum Gasteiger partial charge on any atom is -0.398 e. The predicted octanol–water partition coefficient (Wildman–Crippen LogP) is 2.25. The summed E-state index contributed by atoms with van der Waals surface area (Å²) in [7, 11) is 0. The van der Waals surface area contributed by atoms with Gasteiger partial charge in [0, 0.05) is 16.3 Å². The Bertz CT molecular complexity index is 407. The van der Waals surface area contributed by atoms with Gasteiger partial charge in [0.15, 0.2) is 0 Å². The van der Waals surface area contributed by atoms with E-state index in [0.29, 0.717) is 10.8 Å². The first-order valence-electron chi connectivity index (χ1n) is 4.93. The molecule has 88 valence electrons. The summed E-state index contributed by atoms with van der Waals surface area (Å²) in [6.07, 6.45) is 0. The zero-order valence-corrected chi connectivity index (χ0v) is 10.1. The van der Waals surface area contributed by atoms with E-state index < -0.39 is 11.7 Å². The van der Waals surface area contributed by atoms with Crippen molar-refractivity contribution in [2.24, 2.45) is 11.7 Å². The summed E-state index contributed by atoms with van der Waals surface area (Å²) in [5, 5.41) is 0. The molecule has 0 unspecified atom stereocenters. The molecular weight excluding hydrogens is 227 g/mol. The normalized spacial score (nSPS) is 10.8. The fourth-order valence-corrected chi connectivity index (χ4v) is 2.06. The summed E-state index contributed by atoms with van der Waals surface area (Å²) in [5.41, 5.74) is 10.9. The van der Waals surface area contributed by atoms with Crippen LogP contribution in [0.25, 0.3) is 0 Å². The van der Waals surface area contributed by atoms with Crippen LogP contribution in [0.4, 0.5) is 10.1 Å². The molecule has 4 N–H and O–H groups in total. The van der Waals surface area contributed by atoms with Gasteiger partial charge < -0.3 is 11.5 Å². The molecule has 0 aliphatic rings. The van der Waals surface area contributed by atoms with Crippen LogP contribution >= 0.6 is 11.8 Å². The Morgan fingerprint density at radius 3 is 2.62 bits per heavy atom. The van der Waals surface area contributed by atoms with Crippen LogP contribution in [0.5, 0.6) is 0 Å². The predicted molar refractivity (Wildman–Crippen MR) is 64.9 cm³/mol. The van der Waals surface area contributed by atoms with E-state index in [2.05, 4.69) is 0 Å². The highest BCUT2D eigenvalue weighted by Gasteiger charge is 2.12. The van der Waals surface area contributed by atoms with E-state index in [4.69, 9.17) is 11.5 Å². The number of hydrogen-bond donors (Lipinski definition) is 2. The molecule has 0 bridgehead atoms. The van der Waals surface area contributed by atoms with Crippen molar-refractivity contribution in [2.75, 3.05) is 11.5 Å². The molecule has 0 fully saturated rings. The highest BCUT2D eigenvalue weighted by molar-refractivity contribution is 7.99. The minimum atomic E-state index is -0.635. The van der Waals surface area contributed by atoms with E-state index >= 15 is 0 Å². The van der Waals surface area contributed by atoms with Gasteiger partial charge in [-0.25, -0.2) is 4.39 Å². The maximum Gasteiger partial charge on any atom is 0.250 e. The van der Waals surface area contributed by atoms with Crippen LogP contribution < -0.4 is 11.5 Å². The average Bonchev–Trinajstić information content (AvgIpc) is 2.15. The number of rotatable bonds is 4. The molecule has 16 heavy (non-hydrogen) atoms. The molecule has 0 aliphatic carbocycles. The van der Waals surface area contributed by atoms with Crippen molar-refractivity contribution in [3.05, 3.63) is 23.5 Å². The van der Waals surface area contributed by atoms with Crippen LogP contribution in [0.3, 0.4) is 0 Å². The number of amides is 1.